The normalized spacial score (nSPS) is 10.5. The molecule has 0 bridgehead atoms. The van der Waals surface area contributed by atoms with Crippen LogP contribution in [0.5, 0.6) is 0 Å². The summed E-state index contributed by atoms with van der Waals surface area (Å²) in [6.07, 6.45) is 2.20. The Kier molecular flexibility index (Phi) is 7.36. The van der Waals surface area contributed by atoms with Crippen molar-refractivity contribution in [2.24, 2.45) is 5.73 Å². The minimum Gasteiger partial charge on any atom is -0.459 e. The third-order valence-electron chi connectivity index (χ3n) is 4.06. The van der Waals surface area contributed by atoms with Crippen LogP contribution in [-0.4, -0.2) is 26.7 Å². The van der Waals surface area contributed by atoms with Crippen molar-refractivity contribution in [1.82, 2.24) is 20.1 Å². The van der Waals surface area contributed by atoms with Crippen molar-refractivity contribution in [3.63, 3.8) is 0 Å². The molecule has 8 nitrogen and oxygen atoms in total. The highest BCUT2D eigenvalue weighted by molar-refractivity contribution is 7.18. The number of anilines is 1. The Hall–Kier alpha value is -2.20. The summed E-state index contributed by atoms with van der Waals surface area (Å²) in [5.41, 5.74) is 6.84. The van der Waals surface area contributed by atoms with Crippen molar-refractivity contribution in [1.29, 1.82) is 0 Å². The van der Waals surface area contributed by atoms with Crippen molar-refractivity contribution >= 4 is 52.2 Å². The first-order chi connectivity index (χ1) is 12.7. The molecule has 11 heteroatoms. The predicted octanol–water partition coefficient (Wildman–Crippen LogP) is 3.91. The van der Waals surface area contributed by atoms with Gasteiger partial charge in [-0.2, -0.15) is 4.98 Å². The van der Waals surface area contributed by atoms with Gasteiger partial charge in [0, 0.05) is 11.3 Å². The number of aromatic nitrogens is 4. The van der Waals surface area contributed by atoms with Crippen LogP contribution < -0.4 is 11.1 Å². The van der Waals surface area contributed by atoms with Crippen molar-refractivity contribution in [3.05, 3.63) is 40.5 Å². The Balaban J connectivity index is 0.00000140. The molecular formula is C17H20Cl2N6O2S. The maximum Gasteiger partial charge on any atom is 0.293 e. The maximum atomic E-state index is 5.67. The van der Waals surface area contributed by atoms with Crippen molar-refractivity contribution in [2.45, 2.75) is 26.8 Å². The highest BCUT2D eigenvalue weighted by Crippen LogP contribution is 2.33. The van der Waals surface area contributed by atoms with Gasteiger partial charge in [-0.25, -0.2) is 9.97 Å². The van der Waals surface area contributed by atoms with E-state index in [9.17, 15) is 0 Å². The molecule has 0 spiro atoms. The van der Waals surface area contributed by atoms with Crippen molar-refractivity contribution in [2.75, 3.05) is 11.9 Å². The molecule has 4 heterocycles. The van der Waals surface area contributed by atoms with E-state index in [-0.39, 0.29) is 24.8 Å². The Morgan fingerprint density at radius 2 is 1.96 bits per heavy atom. The molecule has 0 aliphatic rings. The average Bonchev–Trinajstić information content (AvgIpc) is 3.35. The summed E-state index contributed by atoms with van der Waals surface area (Å²) >= 11 is 1.66. The lowest BCUT2D eigenvalue weighted by Gasteiger charge is -2.08. The van der Waals surface area contributed by atoms with Crippen LogP contribution >= 0.6 is 36.2 Å². The first-order valence-electron chi connectivity index (χ1n) is 8.22. The fourth-order valence-corrected chi connectivity index (χ4v) is 3.70. The van der Waals surface area contributed by atoms with Gasteiger partial charge in [0.15, 0.2) is 11.6 Å². The molecule has 4 aromatic rings. The van der Waals surface area contributed by atoms with Gasteiger partial charge in [-0.1, -0.05) is 5.16 Å². The summed E-state index contributed by atoms with van der Waals surface area (Å²) in [6, 6.07) is 3.55. The molecule has 0 fully saturated rings. The molecule has 0 amide bonds. The summed E-state index contributed by atoms with van der Waals surface area (Å²) in [5, 5.41) is 8.33. The van der Waals surface area contributed by atoms with E-state index >= 15 is 0 Å². The van der Waals surface area contributed by atoms with Crippen molar-refractivity contribution < 1.29 is 8.94 Å². The van der Waals surface area contributed by atoms with E-state index in [2.05, 4.69) is 39.3 Å². The number of furan rings is 1. The van der Waals surface area contributed by atoms with Crippen molar-refractivity contribution in [3.8, 4) is 11.7 Å². The molecule has 0 aliphatic carbocycles. The molecule has 0 atom stereocenters. The average molecular weight is 443 g/mol. The molecule has 0 unspecified atom stereocenters. The predicted molar refractivity (Wildman–Crippen MR) is 113 cm³/mol. The van der Waals surface area contributed by atoms with Gasteiger partial charge in [0.2, 0.25) is 0 Å². The van der Waals surface area contributed by atoms with Crippen LogP contribution in [0, 0.1) is 13.8 Å². The number of nitrogens with two attached hydrogens (primary N) is 1. The molecule has 0 aliphatic heterocycles. The molecule has 0 saturated carbocycles. The van der Waals surface area contributed by atoms with Gasteiger partial charge in [0.25, 0.3) is 5.89 Å². The highest BCUT2D eigenvalue weighted by Gasteiger charge is 2.16. The Bertz CT molecular complexity index is 1050. The van der Waals surface area contributed by atoms with Crippen LogP contribution in [0.25, 0.3) is 21.9 Å². The summed E-state index contributed by atoms with van der Waals surface area (Å²) < 4.78 is 10.5. The Morgan fingerprint density at radius 1 is 1.14 bits per heavy atom. The van der Waals surface area contributed by atoms with Crippen LogP contribution in [-0.2, 0) is 13.0 Å². The summed E-state index contributed by atoms with van der Waals surface area (Å²) in [7, 11) is 0. The first kappa shape index (κ1) is 22.1. The second kappa shape index (κ2) is 9.33. The third-order valence-corrected chi connectivity index (χ3v) is 5.16. The molecule has 4 rings (SSSR count). The maximum absolute atomic E-state index is 5.67. The fraction of sp³-hybridized carbons (Fsp3) is 0.294. The molecule has 0 radical (unpaired) electrons. The number of hydrogen-bond acceptors (Lipinski definition) is 9. The van der Waals surface area contributed by atoms with Gasteiger partial charge in [0.05, 0.1) is 18.2 Å². The molecule has 150 valence electrons. The number of nitrogens with one attached hydrogen (secondary N) is 1. The van der Waals surface area contributed by atoms with Gasteiger partial charge in [-0.15, -0.1) is 36.2 Å². The number of rotatable bonds is 6. The zero-order valence-corrected chi connectivity index (χ0v) is 17.7. The number of thiophene rings is 1. The van der Waals surface area contributed by atoms with Crippen LogP contribution in [0.15, 0.2) is 27.3 Å². The van der Waals surface area contributed by atoms with E-state index in [1.165, 1.54) is 10.4 Å². The standard InChI is InChI=1S/C17H18N6O2S.2ClH/c1-9-10(2)26-17-14(9)15(20-12(22-17)5-6-18)19-8-13-21-16(25-23-13)11-4-3-7-24-11;;/h3-4,7H,5-6,8,18H2,1-2H3,(H,19,20,22);2*1H. The van der Waals surface area contributed by atoms with E-state index in [1.807, 2.05) is 0 Å². The van der Waals surface area contributed by atoms with E-state index in [4.69, 9.17) is 14.7 Å². The van der Waals surface area contributed by atoms with E-state index in [0.717, 1.165) is 21.9 Å². The number of fused-ring (bicyclic) bond motifs is 1. The van der Waals surface area contributed by atoms with Crippen LogP contribution in [0.1, 0.15) is 22.1 Å². The van der Waals surface area contributed by atoms with Crippen LogP contribution in [0.4, 0.5) is 5.82 Å². The second-order valence-corrected chi connectivity index (χ2v) is 7.04. The number of aryl methyl sites for hydroxylation is 2. The van der Waals surface area contributed by atoms with Gasteiger partial charge in [0.1, 0.15) is 16.5 Å². The van der Waals surface area contributed by atoms with E-state index in [1.54, 1.807) is 29.7 Å². The lowest BCUT2D eigenvalue weighted by atomic mass is 10.2. The smallest absolute Gasteiger partial charge is 0.293 e. The summed E-state index contributed by atoms with van der Waals surface area (Å²) in [6.45, 7) is 5.05. The lowest BCUT2D eigenvalue weighted by molar-refractivity contribution is 0.410. The Labute approximate surface area is 177 Å². The monoisotopic (exact) mass is 442 g/mol. The molecule has 3 N–H and O–H groups in total. The zero-order valence-electron chi connectivity index (χ0n) is 15.3. The molecule has 0 saturated heterocycles. The van der Waals surface area contributed by atoms with E-state index < -0.39 is 0 Å². The first-order valence-corrected chi connectivity index (χ1v) is 9.04. The van der Waals surface area contributed by atoms with E-state index in [0.29, 0.717) is 37.0 Å². The number of halogens is 2. The largest absolute Gasteiger partial charge is 0.459 e. The van der Waals surface area contributed by atoms with Gasteiger partial charge >= 0.3 is 0 Å². The van der Waals surface area contributed by atoms with Gasteiger partial charge < -0.3 is 20.0 Å². The number of hydrogen-bond donors (Lipinski definition) is 2. The number of nitrogens with zero attached hydrogens (tertiary/aromatic N) is 4. The minimum atomic E-state index is 0. The van der Waals surface area contributed by atoms with Crippen LogP contribution in [0.2, 0.25) is 0 Å². The third kappa shape index (κ3) is 4.27. The second-order valence-electron chi connectivity index (χ2n) is 5.84. The summed E-state index contributed by atoms with van der Waals surface area (Å²) in [5.74, 6) is 2.92. The summed E-state index contributed by atoms with van der Waals surface area (Å²) in [4.78, 5) is 15.8. The fourth-order valence-electron chi connectivity index (χ4n) is 2.65. The van der Waals surface area contributed by atoms with Gasteiger partial charge in [-0.3, -0.25) is 0 Å². The van der Waals surface area contributed by atoms with Gasteiger partial charge in [-0.05, 0) is 38.1 Å². The molecule has 0 aromatic carbocycles. The highest BCUT2D eigenvalue weighted by atomic mass is 35.5. The topological polar surface area (TPSA) is 116 Å². The minimum absolute atomic E-state index is 0. The quantitative estimate of drug-likeness (QED) is 0.461. The zero-order chi connectivity index (χ0) is 18.1. The molecule has 28 heavy (non-hydrogen) atoms. The van der Waals surface area contributed by atoms with Crippen LogP contribution in [0.3, 0.4) is 0 Å². The molecule has 4 aromatic heterocycles. The lowest BCUT2D eigenvalue weighted by Crippen LogP contribution is -2.10. The Morgan fingerprint density at radius 3 is 2.68 bits per heavy atom. The molecular weight excluding hydrogens is 423 g/mol. The SMILES string of the molecule is Cc1sc2nc(CCN)nc(NCc3noc(-c4ccco4)n3)c2c1C.Cl.Cl.